The first kappa shape index (κ1) is 16.6. The quantitative estimate of drug-likeness (QED) is 0.744. The van der Waals surface area contributed by atoms with Gasteiger partial charge in [-0.05, 0) is 36.9 Å². The fraction of sp³-hybridized carbons (Fsp3) is 0.353. The summed E-state index contributed by atoms with van der Waals surface area (Å²) in [5, 5.41) is 10.2. The normalized spacial score (nSPS) is 12.5. The SMILES string of the molecule is Cc1nn(C)c2nc(-c3cccs3)cc(C(=O)NCC(C)CN)c12. The average molecular weight is 343 g/mol. The Hall–Kier alpha value is -2.25. The second-order valence-corrected chi connectivity index (χ2v) is 6.94. The molecule has 0 fully saturated rings. The van der Waals surface area contributed by atoms with E-state index in [-0.39, 0.29) is 11.8 Å². The molecule has 1 atom stereocenters. The highest BCUT2D eigenvalue weighted by Crippen LogP contribution is 2.29. The third-order valence-electron chi connectivity index (χ3n) is 4.00. The van der Waals surface area contributed by atoms with Crippen molar-refractivity contribution in [1.29, 1.82) is 0 Å². The maximum atomic E-state index is 12.7. The van der Waals surface area contributed by atoms with Crippen LogP contribution in [0.15, 0.2) is 23.6 Å². The van der Waals surface area contributed by atoms with Gasteiger partial charge in [0.2, 0.25) is 0 Å². The number of pyridine rings is 1. The highest BCUT2D eigenvalue weighted by Gasteiger charge is 2.19. The Morgan fingerprint density at radius 2 is 2.29 bits per heavy atom. The molecule has 6 nitrogen and oxygen atoms in total. The Bertz CT molecular complexity index is 869. The van der Waals surface area contributed by atoms with Crippen LogP contribution in [0.5, 0.6) is 0 Å². The minimum atomic E-state index is -0.114. The number of nitrogens with two attached hydrogens (primary N) is 1. The van der Waals surface area contributed by atoms with Crippen LogP contribution < -0.4 is 11.1 Å². The number of aromatic nitrogens is 3. The van der Waals surface area contributed by atoms with Crippen LogP contribution in [0.4, 0.5) is 0 Å². The molecular formula is C17H21N5OS. The lowest BCUT2D eigenvalue weighted by Crippen LogP contribution is -2.31. The van der Waals surface area contributed by atoms with Gasteiger partial charge in [-0.1, -0.05) is 13.0 Å². The highest BCUT2D eigenvalue weighted by molar-refractivity contribution is 7.13. The standard InChI is InChI=1S/C17H21N5OS/c1-10(8-18)9-19-17(23)12-7-13(14-5-4-6-24-14)20-16-15(12)11(2)21-22(16)3/h4-7,10H,8-9,18H2,1-3H3,(H,19,23). The largest absolute Gasteiger partial charge is 0.352 e. The molecule has 3 aromatic rings. The van der Waals surface area contributed by atoms with Gasteiger partial charge in [0.05, 0.1) is 27.2 Å². The molecule has 1 amide bonds. The first-order valence-electron chi connectivity index (χ1n) is 7.87. The summed E-state index contributed by atoms with van der Waals surface area (Å²) >= 11 is 1.60. The summed E-state index contributed by atoms with van der Waals surface area (Å²) in [6.07, 6.45) is 0. The van der Waals surface area contributed by atoms with Crippen LogP contribution in [0.3, 0.4) is 0 Å². The molecule has 0 aliphatic heterocycles. The van der Waals surface area contributed by atoms with Crippen LogP contribution in [0.1, 0.15) is 23.0 Å². The van der Waals surface area contributed by atoms with Crippen LogP contribution in [0.25, 0.3) is 21.6 Å². The first-order valence-corrected chi connectivity index (χ1v) is 8.75. The van der Waals surface area contributed by atoms with E-state index in [9.17, 15) is 4.79 Å². The maximum Gasteiger partial charge on any atom is 0.252 e. The molecule has 3 N–H and O–H groups in total. The molecular weight excluding hydrogens is 322 g/mol. The molecule has 0 bridgehead atoms. The molecule has 0 aliphatic rings. The molecule has 3 aromatic heterocycles. The van der Waals surface area contributed by atoms with E-state index in [1.807, 2.05) is 44.5 Å². The second kappa shape index (κ2) is 6.70. The number of amides is 1. The van der Waals surface area contributed by atoms with Gasteiger partial charge in [0.15, 0.2) is 5.65 Å². The number of hydrogen-bond donors (Lipinski definition) is 2. The Morgan fingerprint density at radius 1 is 1.50 bits per heavy atom. The van der Waals surface area contributed by atoms with Crippen molar-refractivity contribution in [1.82, 2.24) is 20.1 Å². The summed E-state index contributed by atoms with van der Waals surface area (Å²) in [5.74, 6) is 0.120. The van der Waals surface area contributed by atoms with E-state index >= 15 is 0 Å². The summed E-state index contributed by atoms with van der Waals surface area (Å²) < 4.78 is 1.72. The molecule has 7 heteroatoms. The van der Waals surface area contributed by atoms with Crippen molar-refractivity contribution >= 4 is 28.3 Å². The summed E-state index contributed by atoms with van der Waals surface area (Å²) in [6.45, 7) is 4.99. The Kier molecular flexibility index (Phi) is 4.64. The molecule has 1 unspecified atom stereocenters. The molecule has 0 saturated heterocycles. The van der Waals surface area contributed by atoms with Crippen molar-refractivity contribution in [3.63, 3.8) is 0 Å². The molecule has 3 rings (SSSR count). The molecule has 3 heterocycles. The number of aryl methyl sites for hydroxylation is 2. The van der Waals surface area contributed by atoms with Gasteiger partial charge in [0.1, 0.15) is 0 Å². The van der Waals surface area contributed by atoms with Crippen LogP contribution in [-0.4, -0.2) is 33.8 Å². The van der Waals surface area contributed by atoms with Crippen molar-refractivity contribution in [2.45, 2.75) is 13.8 Å². The van der Waals surface area contributed by atoms with E-state index in [0.29, 0.717) is 18.7 Å². The first-order chi connectivity index (χ1) is 11.5. The Morgan fingerprint density at radius 3 is 2.96 bits per heavy atom. The minimum Gasteiger partial charge on any atom is -0.352 e. The van der Waals surface area contributed by atoms with Gasteiger partial charge in [-0.15, -0.1) is 11.3 Å². The molecule has 0 aromatic carbocycles. The fourth-order valence-corrected chi connectivity index (χ4v) is 3.31. The van der Waals surface area contributed by atoms with Crippen molar-refractivity contribution in [2.24, 2.45) is 18.7 Å². The van der Waals surface area contributed by atoms with Crippen molar-refractivity contribution in [3.8, 4) is 10.6 Å². The van der Waals surface area contributed by atoms with Crippen LogP contribution in [0.2, 0.25) is 0 Å². The Labute approximate surface area is 144 Å². The predicted molar refractivity (Wildman–Crippen MR) is 97.1 cm³/mol. The lowest BCUT2D eigenvalue weighted by molar-refractivity contribution is 0.0950. The fourth-order valence-electron chi connectivity index (χ4n) is 2.62. The molecule has 0 spiro atoms. The zero-order chi connectivity index (χ0) is 17.3. The zero-order valence-corrected chi connectivity index (χ0v) is 14.9. The smallest absolute Gasteiger partial charge is 0.252 e. The van der Waals surface area contributed by atoms with Crippen molar-refractivity contribution in [3.05, 3.63) is 34.8 Å². The van der Waals surface area contributed by atoms with E-state index in [1.165, 1.54) is 0 Å². The molecule has 0 radical (unpaired) electrons. The number of thiophene rings is 1. The topological polar surface area (TPSA) is 85.8 Å². The maximum absolute atomic E-state index is 12.7. The number of hydrogen-bond acceptors (Lipinski definition) is 5. The van der Waals surface area contributed by atoms with Crippen molar-refractivity contribution in [2.75, 3.05) is 13.1 Å². The average Bonchev–Trinajstić information content (AvgIpc) is 3.20. The molecule has 126 valence electrons. The molecule has 24 heavy (non-hydrogen) atoms. The van der Waals surface area contributed by atoms with E-state index < -0.39 is 0 Å². The van der Waals surface area contributed by atoms with E-state index in [0.717, 1.165) is 27.3 Å². The summed E-state index contributed by atoms with van der Waals surface area (Å²) in [5.41, 5.74) is 8.55. The van der Waals surface area contributed by atoms with Gasteiger partial charge < -0.3 is 11.1 Å². The van der Waals surface area contributed by atoms with Crippen LogP contribution >= 0.6 is 11.3 Å². The van der Waals surface area contributed by atoms with Gasteiger partial charge in [-0.3, -0.25) is 9.48 Å². The third kappa shape index (κ3) is 3.05. The molecule has 0 aliphatic carbocycles. The highest BCUT2D eigenvalue weighted by atomic mass is 32.1. The zero-order valence-electron chi connectivity index (χ0n) is 14.0. The van der Waals surface area contributed by atoms with Crippen molar-refractivity contribution < 1.29 is 4.79 Å². The number of nitrogens with one attached hydrogen (secondary N) is 1. The number of fused-ring (bicyclic) bond motifs is 1. The van der Waals surface area contributed by atoms with E-state index in [2.05, 4.69) is 10.4 Å². The molecule has 0 saturated carbocycles. The minimum absolute atomic E-state index is 0.114. The summed E-state index contributed by atoms with van der Waals surface area (Å²) in [6, 6.07) is 5.83. The van der Waals surface area contributed by atoms with Gasteiger partial charge in [0, 0.05) is 13.6 Å². The second-order valence-electron chi connectivity index (χ2n) is 5.99. The van der Waals surface area contributed by atoms with Crippen LogP contribution in [0, 0.1) is 12.8 Å². The van der Waals surface area contributed by atoms with Gasteiger partial charge in [0.25, 0.3) is 5.91 Å². The van der Waals surface area contributed by atoms with E-state index in [1.54, 1.807) is 16.0 Å². The third-order valence-corrected chi connectivity index (χ3v) is 4.89. The van der Waals surface area contributed by atoms with E-state index in [4.69, 9.17) is 10.7 Å². The predicted octanol–water partition coefficient (Wildman–Crippen LogP) is 2.33. The summed E-state index contributed by atoms with van der Waals surface area (Å²) in [7, 11) is 1.85. The van der Waals surface area contributed by atoms with Crippen LogP contribution in [-0.2, 0) is 7.05 Å². The number of carbonyl (C=O) groups excluding carboxylic acids is 1. The van der Waals surface area contributed by atoms with Gasteiger partial charge in [-0.25, -0.2) is 4.98 Å². The Balaban J connectivity index is 2.09. The monoisotopic (exact) mass is 343 g/mol. The van der Waals surface area contributed by atoms with Gasteiger partial charge >= 0.3 is 0 Å². The number of rotatable bonds is 5. The number of carbonyl (C=O) groups is 1. The number of nitrogens with zero attached hydrogens (tertiary/aromatic N) is 3. The summed E-state index contributed by atoms with van der Waals surface area (Å²) in [4.78, 5) is 18.5. The lowest BCUT2D eigenvalue weighted by atomic mass is 10.1. The lowest BCUT2D eigenvalue weighted by Gasteiger charge is -2.11. The van der Waals surface area contributed by atoms with Gasteiger partial charge in [-0.2, -0.15) is 5.10 Å².